The maximum absolute atomic E-state index is 11.4. The molecule has 1 N–H and O–H groups in total. The molecule has 0 saturated carbocycles. The Morgan fingerprint density at radius 2 is 2.17 bits per heavy atom. The van der Waals surface area contributed by atoms with Gasteiger partial charge in [-0.2, -0.15) is 0 Å². The van der Waals surface area contributed by atoms with Crippen LogP contribution in [0.15, 0.2) is 29.8 Å². The number of hydrogen-bond acceptors (Lipinski definition) is 5. The lowest BCUT2D eigenvalue weighted by Crippen LogP contribution is -2.22. The summed E-state index contributed by atoms with van der Waals surface area (Å²) in [5, 5.41) is 6.10. The zero-order valence-corrected chi connectivity index (χ0v) is 14.2. The molecule has 3 aromatic rings. The lowest BCUT2D eigenvalue weighted by Gasteiger charge is -2.09. The highest BCUT2D eigenvalue weighted by Crippen LogP contribution is 2.19. The molecule has 1 amide bonds. The number of thiazole rings is 1. The number of fused-ring (bicyclic) bond motifs is 1. The van der Waals surface area contributed by atoms with Gasteiger partial charge in [0, 0.05) is 38.6 Å². The summed E-state index contributed by atoms with van der Waals surface area (Å²) in [6, 6.07) is 5.99. The topological polar surface area (TPSA) is 62.5 Å². The number of rotatable bonds is 5. The molecule has 0 spiro atoms. The molecule has 7 heteroatoms. The fraction of sp³-hybridized carbons (Fsp3) is 0.312. The second kappa shape index (κ2) is 6.47. The minimum absolute atomic E-state index is 0.0137. The molecule has 0 aliphatic heterocycles. The van der Waals surface area contributed by atoms with Gasteiger partial charge in [0.1, 0.15) is 5.65 Å². The monoisotopic (exact) mass is 329 g/mol. The molecule has 6 nitrogen and oxygen atoms in total. The SMILES string of the molecule is CC(=O)N(C)c1nc(CNCc2c(C)nc3ccccn23)cs1. The largest absolute Gasteiger partial charge is 0.305 e. The standard InChI is InChI=1S/C16H19N5OS/c1-11-14(21-7-5-4-6-15(21)18-11)9-17-8-13-10-23-16(19-13)20(3)12(2)22/h4-7,10,17H,8-9H2,1-3H3. The van der Waals surface area contributed by atoms with Crippen molar-refractivity contribution in [2.75, 3.05) is 11.9 Å². The Hall–Kier alpha value is -2.25. The number of imidazole rings is 1. The van der Waals surface area contributed by atoms with Crippen LogP contribution in [0.3, 0.4) is 0 Å². The van der Waals surface area contributed by atoms with Crippen LogP contribution < -0.4 is 10.2 Å². The van der Waals surface area contributed by atoms with Crippen molar-refractivity contribution in [3.63, 3.8) is 0 Å². The molecule has 3 heterocycles. The number of carbonyl (C=O) groups is 1. The lowest BCUT2D eigenvalue weighted by atomic mass is 10.3. The van der Waals surface area contributed by atoms with Gasteiger partial charge < -0.3 is 9.72 Å². The van der Waals surface area contributed by atoms with Crippen molar-refractivity contribution in [1.82, 2.24) is 19.7 Å². The summed E-state index contributed by atoms with van der Waals surface area (Å²) >= 11 is 1.48. The first-order chi connectivity index (χ1) is 11.1. The van der Waals surface area contributed by atoms with E-state index in [9.17, 15) is 4.79 Å². The second-order valence-electron chi connectivity index (χ2n) is 5.38. The Morgan fingerprint density at radius 3 is 2.96 bits per heavy atom. The molecular weight excluding hydrogens is 310 g/mol. The molecule has 0 unspecified atom stereocenters. The molecule has 0 atom stereocenters. The Bertz CT molecular complexity index is 838. The van der Waals surface area contributed by atoms with Crippen LogP contribution in [-0.2, 0) is 17.9 Å². The molecule has 120 valence electrons. The Kier molecular flexibility index (Phi) is 4.40. The Labute approximate surface area is 138 Å². The van der Waals surface area contributed by atoms with Crippen molar-refractivity contribution in [2.45, 2.75) is 26.9 Å². The van der Waals surface area contributed by atoms with E-state index in [-0.39, 0.29) is 5.91 Å². The summed E-state index contributed by atoms with van der Waals surface area (Å²) in [5.74, 6) is -0.0137. The highest BCUT2D eigenvalue weighted by atomic mass is 32.1. The van der Waals surface area contributed by atoms with Gasteiger partial charge >= 0.3 is 0 Å². The number of aromatic nitrogens is 3. The van der Waals surface area contributed by atoms with Crippen molar-refractivity contribution in [3.8, 4) is 0 Å². The van der Waals surface area contributed by atoms with Gasteiger partial charge in [0.05, 0.1) is 17.1 Å². The molecule has 0 radical (unpaired) electrons. The highest BCUT2D eigenvalue weighted by Gasteiger charge is 2.11. The molecule has 23 heavy (non-hydrogen) atoms. The molecule has 0 aromatic carbocycles. The van der Waals surface area contributed by atoms with Gasteiger partial charge in [0.15, 0.2) is 5.13 Å². The van der Waals surface area contributed by atoms with Crippen molar-refractivity contribution >= 4 is 28.0 Å². The van der Waals surface area contributed by atoms with E-state index >= 15 is 0 Å². The number of carbonyl (C=O) groups excluding carboxylic acids is 1. The van der Waals surface area contributed by atoms with Gasteiger partial charge in [-0.1, -0.05) is 6.07 Å². The fourth-order valence-electron chi connectivity index (χ4n) is 2.35. The zero-order chi connectivity index (χ0) is 16.4. The van der Waals surface area contributed by atoms with E-state index < -0.39 is 0 Å². The molecule has 3 aromatic heterocycles. The van der Waals surface area contributed by atoms with Crippen molar-refractivity contribution < 1.29 is 4.79 Å². The van der Waals surface area contributed by atoms with Crippen LogP contribution in [0.4, 0.5) is 5.13 Å². The van der Waals surface area contributed by atoms with Crippen LogP contribution in [0.25, 0.3) is 5.65 Å². The van der Waals surface area contributed by atoms with Crippen molar-refractivity contribution in [1.29, 1.82) is 0 Å². The van der Waals surface area contributed by atoms with Crippen molar-refractivity contribution in [3.05, 3.63) is 46.9 Å². The third-order valence-electron chi connectivity index (χ3n) is 3.73. The minimum Gasteiger partial charge on any atom is -0.305 e. The van der Waals surface area contributed by atoms with E-state index in [0.717, 1.165) is 27.9 Å². The minimum atomic E-state index is -0.0137. The van der Waals surface area contributed by atoms with E-state index in [4.69, 9.17) is 0 Å². The quantitative estimate of drug-likeness (QED) is 0.780. The summed E-state index contributed by atoms with van der Waals surface area (Å²) < 4.78 is 2.10. The zero-order valence-electron chi connectivity index (χ0n) is 13.4. The van der Waals surface area contributed by atoms with Crippen molar-refractivity contribution in [2.24, 2.45) is 0 Å². The van der Waals surface area contributed by atoms with E-state index in [0.29, 0.717) is 13.1 Å². The molecule has 0 aliphatic carbocycles. The van der Waals surface area contributed by atoms with Crippen LogP contribution in [0.2, 0.25) is 0 Å². The molecule has 0 saturated heterocycles. The third-order valence-corrected chi connectivity index (χ3v) is 4.69. The smallest absolute Gasteiger partial charge is 0.225 e. The number of anilines is 1. The summed E-state index contributed by atoms with van der Waals surface area (Å²) in [5.41, 5.74) is 4.07. The molecule has 0 bridgehead atoms. The van der Waals surface area contributed by atoms with Gasteiger partial charge in [0.25, 0.3) is 0 Å². The predicted molar refractivity (Wildman–Crippen MR) is 91.7 cm³/mol. The molecule has 0 fully saturated rings. The van der Waals surface area contributed by atoms with Gasteiger partial charge in [-0.05, 0) is 19.1 Å². The highest BCUT2D eigenvalue weighted by molar-refractivity contribution is 7.14. The van der Waals surface area contributed by atoms with Crippen LogP contribution in [0.5, 0.6) is 0 Å². The second-order valence-corrected chi connectivity index (χ2v) is 6.21. The van der Waals surface area contributed by atoms with E-state index in [1.54, 1.807) is 11.9 Å². The summed E-state index contributed by atoms with van der Waals surface area (Å²) in [6.45, 7) is 4.92. The van der Waals surface area contributed by atoms with Gasteiger partial charge in [-0.3, -0.25) is 9.69 Å². The lowest BCUT2D eigenvalue weighted by molar-refractivity contribution is -0.116. The number of nitrogens with zero attached hydrogens (tertiary/aromatic N) is 4. The maximum atomic E-state index is 11.4. The first-order valence-electron chi connectivity index (χ1n) is 7.38. The third kappa shape index (κ3) is 3.25. The van der Waals surface area contributed by atoms with Gasteiger partial charge in [-0.15, -0.1) is 11.3 Å². The van der Waals surface area contributed by atoms with Crippen LogP contribution in [-0.4, -0.2) is 27.3 Å². The van der Waals surface area contributed by atoms with E-state index in [1.807, 2.05) is 36.7 Å². The maximum Gasteiger partial charge on any atom is 0.225 e. The van der Waals surface area contributed by atoms with Gasteiger partial charge in [-0.25, -0.2) is 9.97 Å². The van der Waals surface area contributed by atoms with Crippen LogP contribution in [0, 0.1) is 6.92 Å². The van der Waals surface area contributed by atoms with E-state index in [1.165, 1.54) is 18.3 Å². The van der Waals surface area contributed by atoms with Gasteiger partial charge in [0.2, 0.25) is 5.91 Å². The Morgan fingerprint density at radius 1 is 1.35 bits per heavy atom. The number of amides is 1. The first-order valence-corrected chi connectivity index (χ1v) is 8.26. The van der Waals surface area contributed by atoms with E-state index in [2.05, 4.69) is 19.7 Å². The average molecular weight is 329 g/mol. The number of nitrogens with one attached hydrogen (secondary N) is 1. The normalized spacial score (nSPS) is 11.1. The first kappa shape index (κ1) is 15.6. The Balaban J connectivity index is 1.65. The average Bonchev–Trinajstić information content (AvgIpc) is 3.11. The summed E-state index contributed by atoms with van der Waals surface area (Å²) in [7, 11) is 1.74. The number of hydrogen-bond donors (Lipinski definition) is 1. The molecular formula is C16H19N5OS. The number of aryl methyl sites for hydroxylation is 1. The number of pyridine rings is 1. The molecule has 3 rings (SSSR count). The van der Waals surface area contributed by atoms with Crippen LogP contribution >= 0.6 is 11.3 Å². The van der Waals surface area contributed by atoms with Crippen LogP contribution in [0.1, 0.15) is 24.0 Å². The molecule has 0 aliphatic rings. The summed E-state index contributed by atoms with van der Waals surface area (Å²) in [4.78, 5) is 21.9. The summed E-state index contributed by atoms with van der Waals surface area (Å²) in [6.07, 6.45) is 2.02. The fourth-order valence-corrected chi connectivity index (χ4v) is 3.19. The predicted octanol–water partition coefficient (Wildman–Crippen LogP) is 2.37.